The van der Waals surface area contributed by atoms with Gasteiger partial charge in [-0.3, -0.25) is 0 Å². The van der Waals surface area contributed by atoms with Gasteiger partial charge in [0, 0.05) is 32.7 Å². The van der Waals surface area contributed by atoms with E-state index in [0.717, 1.165) is 39.0 Å². The Kier molecular flexibility index (Phi) is 5.94. The maximum absolute atomic E-state index is 11.9. The number of rotatable bonds is 3. The molecule has 7 heteroatoms. The zero-order valence-corrected chi connectivity index (χ0v) is 15.4. The van der Waals surface area contributed by atoms with Gasteiger partial charge in [-0.1, -0.05) is 13.8 Å². The lowest BCUT2D eigenvalue weighted by atomic mass is 9.80. The van der Waals surface area contributed by atoms with Gasteiger partial charge >= 0.3 is 6.09 Å². The number of carbonyl (C=O) groups is 1. The van der Waals surface area contributed by atoms with Crippen LogP contribution in [0.3, 0.4) is 0 Å². The van der Waals surface area contributed by atoms with E-state index in [4.69, 9.17) is 4.74 Å². The summed E-state index contributed by atoms with van der Waals surface area (Å²) in [5.74, 6) is 0.755. The standard InChI is InChI=1S/C16H30N2O4S/c1-4-22-15(19)18-7-5-16(3,6-8-18)13-17-9-10-23(20,21)12-14(2)11-17/h14H,4-13H2,1-3H3. The van der Waals surface area contributed by atoms with Gasteiger partial charge in [-0.15, -0.1) is 0 Å². The summed E-state index contributed by atoms with van der Waals surface area (Å²) in [6, 6.07) is 0. The number of ether oxygens (including phenoxy) is 1. The van der Waals surface area contributed by atoms with Gasteiger partial charge in [-0.25, -0.2) is 13.2 Å². The average molecular weight is 346 g/mol. The normalized spacial score (nSPS) is 28.1. The Hall–Kier alpha value is -0.820. The Bertz CT molecular complexity index is 512. The summed E-state index contributed by atoms with van der Waals surface area (Å²) in [5, 5.41) is 0. The van der Waals surface area contributed by atoms with E-state index in [0.29, 0.717) is 18.9 Å². The van der Waals surface area contributed by atoms with Crippen molar-refractivity contribution in [2.45, 2.75) is 33.6 Å². The van der Waals surface area contributed by atoms with Crippen LogP contribution in [0.2, 0.25) is 0 Å². The van der Waals surface area contributed by atoms with E-state index >= 15 is 0 Å². The first-order valence-corrected chi connectivity index (χ1v) is 10.4. The van der Waals surface area contributed by atoms with Crippen LogP contribution in [0, 0.1) is 11.3 Å². The molecule has 1 atom stereocenters. The molecule has 2 heterocycles. The van der Waals surface area contributed by atoms with Crippen LogP contribution >= 0.6 is 0 Å². The first kappa shape index (κ1) is 18.5. The van der Waals surface area contributed by atoms with Crippen molar-refractivity contribution in [1.82, 2.24) is 9.80 Å². The highest BCUT2D eigenvalue weighted by Crippen LogP contribution is 2.32. The summed E-state index contributed by atoms with van der Waals surface area (Å²) in [6.07, 6.45) is 1.65. The molecule has 0 aromatic carbocycles. The van der Waals surface area contributed by atoms with Crippen molar-refractivity contribution in [1.29, 1.82) is 0 Å². The Labute approximate surface area is 140 Å². The quantitative estimate of drug-likeness (QED) is 0.777. The van der Waals surface area contributed by atoms with E-state index in [-0.39, 0.29) is 23.2 Å². The molecule has 0 bridgehead atoms. The Morgan fingerprint density at radius 3 is 2.52 bits per heavy atom. The minimum atomic E-state index is -2.90. The number of carbonyl (C=O) groups excluding carboxylic acids is 1. The van der Waals surface area contributed by atoms with E-state index in [1.807, 2.05) is 13.8 Å². The van der Waals surface area contributed by atoms with Gasteiger partial charge < -0.3 is 14.5 Å². The molecule has 0 aromatic heterocycles. The number of amides is 1. The lowest BCUT2D eigenvalue weighted by molar-refractivity contribution is 0.0557. The van der Waals surface area contributed by atoms with E-state index in [2.05, 4.69) is 11.8 Å². The van der Waals surface area contributed by atoms with Crippen molar-refractivity contribution < 1.29 is 17.9 Å². The molecule has 0 aromatic rings. The van der Waals surface area contributed by atoms with Crippen LogP contribution in [0.1, 0.15) is 33.6 Å². The number of hydrogen-bond donors (Lipinski definition) is 0. The van der Waals surface area contributed by atoms with Crippen molar-refractivity contribution in [3.8, 4) is 0 Å². The molecule has 23 heavy (non-hydrogen) atoms. The van der Waals surface area contributed by atoms with Crippen LogP contribution in [0.15, 0.2) is 0 Å². The van der Waals surface area contributed by atoms with Gasteiger partial charge in [-0.05, 0) is 31.1 Å². The first-order chi connectivity index (χ1) is 10.7. The summed E-state index contributed by atoms with van der Waals surface area (Å²) in [4.78, 5) is 15.9. The highest BCUT2D eigenvalue weighted by Gasteiger charge is 2.35. The molecule has 2 aliphatic rings. The molecule has 2 fully saturated rings. The Morgan fingerprint density at radius 2 is 1.91 bits per heavy atom. The van der Waals surface area contributed by atoms with Crippen molar-refractivity contribution in [2.24, 2.45) is 11.3 Å². The second-order valence-electron chi connectivity index (χ2n) is 7.45. The third-order valence-corrected chi connectivity index (χ3v) is 6.81. The third kappa shape index (κ3) is 5.35. The van der Waals surface area contributed by atoms with Crippen LogP contribution in [0.4, 0.5) is 4.79 Å². The molecule has 1 amide bonds. The molecule has 0 aliphatic carbocycles. The second kappa shape index (κ2) is 7.38. The van der Waals surface area contributed by atoms with Crippen molar-refractivity contribution >= 4 is 15.9 Å². The molecule has 2 aliphatic heterocycles. The number of nitrogens with zero attached hydrogens (tertiary/aromatic N) is 2. The van der Waals surface area contributed by atoms with Crippen molar-refractivity contribution in [3.05, 3.63) is 0 Å². The topological polar surface area (TPSA) is 66.9 Å². The average Bonchev–Trinajstić information content (AvgIpc) is 2.57. The van der Waals surface area contributed by atoms with E-state index in [1.54, 1.807) is 4.90 Å². The van der Waals surface area contributed by atoms with Crippen LogP contribution in [0.25, 0.3) is 0 Å². The van der Waals surface area contributed by atoms with E-state index < -0.39 is 9.84 Å². The highest BCUT2D eigenvalue weighted by atomic mass is 32.2. The molecule has 0 N–H and O–H groups in total. The molecule has 2 rings (SSSR count). The maximum Gasteiger partial charge on any atom is 0.409 e. The fraction of sp³-hybridized carbons (Fsp3) is 0.938. The van der Waals surface area contributed by atoms with Crippen LogP contribution < -0.4 is 0 Å². The second-order valence-corrected chi connectivity index (χ2v) is 9.68. The summed E-state index contributed by atoms with van der Waals surface area (Å²) < 4.78 is 28.8. The fourth-order valence-corrected chi connectivity index (χ4v) is 5.33. The summed E-state index contributed by atoms with van der Waals surface area (Å²) in [7, 11) is -2.90. The summed E-state index contributed by atoms with van der Waals surface area (Å²) in [5.41, 5.74) is 0.136. The molecule has 1 unspecified atom stereocenters. The minimum Gasteiger partial charge on any atom is -0.450 e. The zero-order chi connectivity index (χ0) is 17.1. The number of likely N-dealkylation sites (tertiary alicyclic amines) is 1. The molecular weight excluding hydrogens is 316 g/mol. The number of sulfone groups is 1. The Morgan fingerprint density at radius 1 is 1.26 bits per heavy atom. The fourth-order valence-electron chi connectivity index (χ4n) is 3.66. The van der Waals surface area contributed by atoms with E-state index in [1.165, 1.54) is 0 Å². The van der Waals surface area contributed by atoms with Gasteiger partial charge in [0.2, 0.25) is 0 Å². The van der Waals surface area contributed by atoms with Crippen LogP contribution in [-0.4, -0.2) is 75.1 Å². The molecular formula is C16H30N2O4S. The van der Waals surface area contributed by atoms with Gasteiger partial charge in [0.25, 0.3) is 0 Å². The molecule has 0 saturated carbocycles. The Balaban J connectivity index is 1.89. The monoisotopic (exact) mass is 346 g/mol. The van der Waals surface area contributed by atoms with Crippen LogP contribution in [-0.2, 0) is 14.6 Å². The van der Waals surface area contributed by atoms with Crippen LogP contribution in [0.5, 0.6) is 0 Å². The predicted molar refractivity (Wildman–Crippen MR) is 90.2 cm³/mol. The lowest BCUT2D eigenvalue weighted by Crippen LogP contribution is -2.47. The predicted octanol–water partition coefficient (Wildman–Crippen LogP) is 1.61. The first-order valence-electron chi connectivity index (χ1n) is 8.57. The van der Waals surface area contributed by atoms with Gasteiger partial charge in [0.15, 0.2) is 9.84 Å². The smallest absolute Gasteiger partial charge is 0.409 e. The highest BCUT2D eigenvalue weighted by molar-refractivity contribution is 7.91. The van der Waals surface area contributed by atoms with Crippen molar-refractivity contribution in [3.63, 3.8) is 0 Å². The van der Waals surface area contributed by atoms with Gasteiger partial charge in [0.05, 0.1) is 18.1 Å². The maximum atomic E-state index is 11.9. The molecule has 134 valence electrons. The minimum absolute atomic E-state index is 0.136. The summed E-state index contributed by atoms with van der Waals surface area (Å²) in [6.45, 7) is 10.3. The largest absolute Gasteiger partial charge is 0.450 e. The summed E-state index contributed by atoms with van der Waals surface area (Å²) >= 11 is 0. The van der Waals surface area contributed by atoms with Gasteiger partial charge in [0.1, 0.15) is 0 Å². The van der Waals surface area contributed by atoms with Gasteiger partial charge in [-0.2, -0.15) is 0 Å². The lowest BCUT2D eigenvalue weighted by Gasteiger charge is -2.41. The van der Waals surface area contributed by atoms with Crippen molar-refractivity contribution in [2.75, 3.05) is 50.8 Å². The molecule has 2 saturated heterocycles. The molecule has 0 spiro atoms. The molecule has 6 nitrogen and oxygen atoms in total. The third-order valence-electron chi connectivity index (χ3n) is 4.93. The number of hydrogen-bond acceptors (Lipinski definition) is 5. The number of piperidine rings is 1. The SMILES string of the molecule is CCOC(=O)N1CCC(C)(CN2CCS(=O)(=O)CC(C)C2)CC1. The molecule has 0 radical (unpaired) electrons. The van der Waals surface area contributed by atoms with E-state index in [9.17, 15) is 13.2 Å². The zero-order valence-electron chi connectivity index (χ0n) is 14.6.